The molecule has 1 N–H and O–H groups in total. The van der Waals surface area contributed by atoms with Gasteiger partial charge in [-0.25, -0.2) is 15.0 Å². The van der Waals surface area contributed by atoms with Crippen molar-refractivity contribution in [1.82, 2.24) is 19.9 Å². The Bertz CT molecular complexity index is 701. The summed E-state index contributed by atoms with van der Waals surface area (Å²) in [7, 11) is 0. The number of hydrogen-bond acceptors (Lipinski definition) is 6. The molecule has 0 aromatic carbocycles. The fourth-order valence-electron chi connectivity index (χ4n) is 2.94. The van der Waals surface area contributed by atoms with Crippen LogP contribution in [0.1, 0.15) is 12.6 Å². The van der Waals surface area contributed by atoms with Crippen molar-refractivity contribution in [2.45, 2.75) is 19.1 Å². The Morgan fingerprint density at radius 1 is 1.08 bits per heavy atom. The van der Waals surface area contributed by atoms with E-state index in [1.54, 1.807) is 6.20 Å². The number of hydrogen-bond donors (Lipinski definition) is 1. The topological polar surface area (TPSA) is 57.2 Å². The number of anilines is 2. The fourth-order valence-corrected chi connectivity index (χ4v) is 2.94. The van der Waals surface area contributed by atoms with Crippen molar-refractivity contribution in [3.05, 3.63) is 42.4 Å². The van der Waals surface area contributed by atoms with Gasteiger partial charge in [-0.2, -0.15) is 13.2 Å². The van der Waals surface area contributed by atoms with Crippen LogP contribution in [0.4, 0.5) is 24.9 Å². The molecule has 0 saturated carbocycles. The maximum Gasteiger partial charge on any atom is 0.433 e. The maximum absolute atomic E-state index is 12.7. The predicted octanol–water partition coefficient (Wildman–Crippen LogP) is 2.51. The Kier molecular flexibility index (Phi) is 5.55. The average Bonchev–Trinajstić information content (AvgIpc) is 2.62. The van der Waals surface area contributed by atoms with E-state index < -0.39 is 11.9 Å². The van der Waals surface area contributed by atoms with E-state index in [0.717, 1.165) is 44.3 Å². The first-order valence-electron chi connectivity index (χ1n) is 8.47. The van der Waals surface area contributed by atoms with Gasteiger partial charge in [0.05, 0.1) is 0 Å². The van der Waals surface area contributed by atoms with Crippen LogP contribution in [0.15, 0.2) is 36.7 Å². The Hall–Kier alpha value is -2.42. The molecule has 0 aliphatic carbocycles. The second kappa shape index (κ2) is 7.86. The van der Waals surface area contributed by atoms with Crippen molar-refractivity contribution in [2.75, 3.05) is 42.9 Å². The number of nitrogens with one attached hydrogen (secondary N) is 1. The lowest BCUT2D eigenvalue weighted by Gasteiger charge is -2.36. The lowest BCUT2D eigenvalue weighted by atomic mass is 10.2. The van der Waals surface area contributed by atoms with Gasteiger partial charge in [-0.1, -0.05) is 6.07 Å². The summed E-state index contributed by atoms with van der Waals surface area (Å²) in [5.41, 5.74) is -0.939. The fraction of sp³-hybridized carbons (Fsp3) is 0.471. The number of pyridine rings is 1. The van der Waals surface area contributed by atoms with Gasteiger partial charge in [0, 0.05) is 51.2 Å². The van der Waals surface area contributed by atoms with Gasteiger partial charge in [-0.15, -0.1) is 0 Å². The van der Waals surface area contributed by atoms with Crippen LogP contribution in [0.5, 0.6) is 0 Å². The largest absolute Gasteiger partial charge is 0.433 e. The SMILES string of the molecule is CC(CN1CCN(c2ccccn2)CC1)Nc1nccc(C(F)(F)F)n1. The lowest BCUT2D eigenvalue weighted by Crippen LogP contribution is -2.49. The minimum absolute atomic E-state index is 0.000512. The van der Waals surface area contributed by atoms with Crippen molar-refractivity contribution in [2.24, 2.45) is 0 Å². The van der Waals surface area contributed by atoms with E-state index in [1.807, 2.05) is 25.1 Å². The van der Waals surface area contributed by atoms with Crippen molar-refractivity contribution in [3.8, 4) is 0 Å². The van der Waals surface area contributed by atoms with Crippen LogP contribution >= 0.6 is 0 Å². The van der Waals surface area contributed by atoms with E-state index in [4.69, 9.17) is 0 Å². The highest BCUT2D eigenvalue weighted by molar-refractivity contribution is 5.38. The van der Waals surface area contributed by atoms with Gasteiger partial charge < -0.3 is 10.2 Å². The normalized spacial score (nSPS) is 17.2. The van der Waals surface area contributed by atoms with E-state index in [0.29, 0.717) is 6.54 Å². The quantitative estimate of drug-likeness (QED) is 0.878. The molecule has 2 aromatic heterocycles. The van der Waals surface area contributed by atoms with Crippen molar-refractivity contribution in [1.29, 1.82) is 0 Å². The van der Waals surface area contributed by atoms with Gasteiger partial charge >= 0.3 is 6.18 Å². The van der Waals surface area contributed by atoms with Crippen LogP contribution in [0.3, 0.4) is 0 Å². The summed E-state index contributed by atoms with van der Waals surface area (Å²) in [5, 5.41) is 2.95. The van der Waals surface area contributed by atoms with Crippen LogP contribution in [0, 0.1) is 0 Å². The Morgan fingerprint density at radius 2 is 1.85 bits per heavy atom. The molecule has 26 heavy (non-hydrogen) atoms. The molecule has 0 bridgehead atoms. The first-order chi connectivity index (χ1) is 12.4. The van der Waals surface area contributed by atoms with Gasteiger partial charge in [-0.05, 0) is 25.1 Å². The third-order valence-corrected chi connectivity index (χ3v) is 4.20. The highest BCUT2D eigenvalue weighted by Crippen LogP contribution is 2.27. The maximum atomic E-state index is 12.7. The molecular formula is C17H21F3N6. The first kappa shape index (κ1) is 18.4. The van der Waals surface area contributed by atoms with E-state index in [1.165, 1.54) is 0 Å². The molecule has 1 fully saturated rings. The van der Waals surface area contributed by atoms with Crippen LogP contribution < -0.4 is 10.2 Å². The Balaban J connectivity index is 1.50. The molecule has 140 valence electrons. The number of piperazine rings is 1. The second-order valence-corrected chi connectivity index (χ2v) is 6.28. The summed E-state index contributed by atoms with van der Waals surface area (Å²) in [4.78, 5) is 16.3. The van der Waals surface area contributed by atoms with Gasteiger partial charge in [0.25, 0.3) is 0 Å². The third kappa shape index (κ3) is 4.81. The van der Waals surface area contributed by atoms with E-state index >= 15 is 0 Å². The van der Waals surface area contributed by atoms with Crippen molar-refractivity contribution < 1.29 is 13.2 Å². The molecule has 6 nitrogen and oxygen atoms in total. The van der Waals surface area contributed by atoms with Gasteiger partial charge in [0.15, 0.2) is 0 Å². The molecule has 0 spiro atoms. The molecule has 1 atom stereocenters. The molecule has 2 aromatic rings. The standard InChI is InChI=1S/C17H21F3N6/c1-13(23-16-22-7-5-14(24-16)17(18,19)20)12-25-8-10-26(11-9-25)15-4-2-3-6-21-15/h2-7,13H,8-12H2,1H3,(H,22,23,24). The van der Waals surface area contributed by atoms with Crippen LogP contribution in [-0.2, 0) is 6.18 Å². The summed E-state index contributed by atoms with van der Waals surface area (Å²) < 4.78 is 38.2. The highest BCUT2D eigenvalue weighted by Gasteiger charge is 2.32. The monoisotopic (exact) mass is 366 g/mol. The third-order valence-electron chi connectivity index (χ3n) is 4.20. The minimum Gasteiger partial charge on any atom is -0.354 e. The molecule has 1 saturated heterocycles. The summed E-state index contributed by atoms with van der Waals surface area (Å²) in [6.45, 7) is 6.08. The summed E-state index contributed by atoms with van der Waals surface area (Å²) in [6, 6.07) is 6.65. The Labute approximate surface area is 150 Å². The molecule has 3 rings (SSSR count). The second-order valence-electron chi connectivity index (χ2n) is 6.28. The number of nitrogens with zero attached hydrogens (tertiary/aromatic N) is 5. The van der Waals surface area contributed by atoms with Gasteiger partial charge in [0.2, 0.25) is 5.95 Å². The summed E-state index contributed by atoms with van der Waals surface area (Å²) >= 11 is 0. The van der Waals surface area contributed by atoms with Crippen molar-refractivity contribution >= 4 is 11.8 Å². The number of rotatable bonds is 5. The van der Waals surface area contributed by atoms with Crippen molar-refractivity contribution in [3.63, 3.8) is 0 Å². The average molecular weight is 366 g/mol. The van der Waals surface area contributed by atoms with Gasteiger partial charge in [-0.3, -0.25) is 4.90 Å². The minimum atomic E-state index is -4.47. The molecular weight excluding hydrogens is 345 g/mol. The highest BCUT2D eigenvalue weighted by atomic mass is 19.4. The van der Waals surface area contributed by atoms with E-state index in [-0.39, 0.29) is 12.0 Å². The van der Waals surface area contributed by atoms with Gasteiger partial charge in [0.1, 0.15) is 11.5 Å². The molecule has 0 amide bonds. The molecule has 9 heteroatoms. The van der Waals surface area contributed by atoms with Crippen LogP contribution in [-0.4, -0.2) is 58.6 Å². The zero-order valence-corrected chi connectivity index (χ0v) is 14.4. The van der Waals surface area contributed by atoms with Crippen LogP contribution in [0.2, 0.25) is 0 Å². The number of halogens is 3. The van der Waals surface area contributed by atoms with Crippen LogP contribution in [0.25, 0.3) is 0 Å². The molecule has 3 heterocycles. The zero-order valence-electron chi connectivity index (χ0n) is 14.4. The molecule has 0 radical (unpaired) electrons. The Morgan fingerprint density at radius 3 is 2.50 bits per heavy atom. The predicted molar refractivity (Wildman–Crippen MR) is 93.0 cm³/mol. The molecule has 1 aliphatic rings. The van der Waals surface area contributed by atoms with E-state index in [9.17, 15) is 13.2 Å². The lowest BCUT2D eigenvalue weighted by molar-refractivity contribution is -0.141. The smallest absolute Gasteiger partial charge is 0.354 e. The summed E-state index contributed by atoms with van der Waals surface area (Å²) in [6.07, 6.45) is -1.57. The zero-order chi connectivity index (χ0) is 18.6. The van der Waals surface area contributed by atoms with E-state index in [2.05, 4.69) is 30.1 Å². The molecule has 1 unspecified atom stereocenters. The number of aromatic nitrogens is 3. The summed E-state index contributed by atoms with van der Waals surface area (Å²) in [5.74, 6) is 0.968. The first-order valence-corrected chi connectivity index (χ1v) is 8.47. The molecule has 1 aliphatic heterocycles. The number of alkyl halides is 3.